The second-order valence-corrected chi connectivity index (χ2v) is 5.00. The molecule has 0 saturated carbocycles. The molecule has 1 nitrogen and oxygen atoms in total. The van der Waals surface area contributed by atoms with Crippen LogP contribution in [0.5, 0.6) is 0 Å². The molecule has 0 bridgehead atoms. The minimum atomic E-state index is -0.347. The van der Waals surface area contributed by atoms with Gasteiger partial charge in [0.1, 0.15) is 5.82 Å². The van der Waals surface area contributed by atoms with E-state index in [1.807, 2.05) is 0 Å². The summed E-state index contributed by atoms with van der Waals surface area (Å²) < 4.78 is 13.2. The van der Waals surface area contributed by atoms with Crippen LogP contribution in [0.3, 0.4) is 0 Å². The molecule has 0 spiro atoms. The highest BCUT2D eigenvalue weighted by Gasteiger charge is 2.13. The maximum atomic E-state index is 13.2. The molecule has 0 aromatic heterocycles. The average Bonchev–Trinajstić information content (AvgIpc) is 2.29. The molecule has 2 rings (SSSR count). The third-order valence-electron chi connectivity index (χ3n) is 2.56. The molecule has 0 heterocycles. The number of rotatable bonds is 2. The molecular formula is C13H9Cl3FN. The second-order valence-electron chi connectivity index (χ2n) is 3.75. The van der Waals surface area contributed by atoms with Crippen LogP contribution in [0.4, 0.5) is 4.39 Å². The fraction of sp³-hybridized carbons (Fsp3) is 0.0769. The summed E-state index contributed by atoms with van der Waals surface area (Å²) in [6, 6.07) is 7.51. The van der Waals surface area contributed by atoms with Gasteiger partial charge in [-0.25, -0.2) is 4.39 Å². The maximum Gasteiger partial charge on any atom is 0.123 e. The molecule has 0 atom stereocenters. The van der Waals surface area contributed by atoms with E-state index in [1.54, 1.807) is 18.2 Å². The molecule has 0 unspecified atom stereocenters. The first kappa shape index (κ1) is 13.6. The topological polar surface area (TPSA) is 26.0 Å². The van der Waals surface area contributed by atoms with Gasteiger partial charge in [-0.05, 0) is 35.4 Å². The van der Waals surface area contributed by atoms with E-state index >= 15 is 0 Å². The predicted molar refractivity (Wildman–Crippen MR) is 74.8 cm³/mol. The van der Waals surface area contributed by atoms with E-state index in [2.05, 4.69) is 0 Å². The first-order chi connectivity index (χ1) is 8.52. The summed E-state index contributed by atoms with van der Waals surface area (Å²) in [5, 5.41) is 1.27. The van der Waals surface area contributed by atoms with Gasteiger partial charge in [0.2, 0.25) is 0 Å². The number of benzene rings is 2. The van der Waals surface area contributed by atoms with Gasteiger partial charge in [0.25, 0.3) is 0 Å². The minimum absolute atomic E-state index is 0.197. The molecule has 2 aromatic carbocycles. The van der Waals surface area contributed by atoms with Crippen LogP contribution in [0.1, 0.15) is 5.56 Å². The molecule has 0 saturated heterocycles. The van der Waals surface area contributed by atoms with Crippen molar-refractivity contribution in [3.63, 3.8) is 0 Å². The molecule has 2 aromatic rings. The second kappa shape index (κ2) is 5.45. The summed E-state index contributed by atoms with van der Waals surface area (Å²) >= 11 is 18.1. The average molecular weight is 305 g/mol. The summed E-state index contributed by atoms with van der Waals surface area (Å²) in [6.45, 7) is 0.197. The molecule has 0 radical (unpaired) electrons. The summed E-state index contributed by atoms with van der Waals surface area (Å²) in [5.41, 5.74) is 7.58. The Morgan fingerprint density at radius 3 is 2.17 bits per heavy atom. The van der Waals surface area contributed by atoms with Gasteiger partial charge in [0.05, 0.1) is 10.0 Å². The molecule has 0 amide bonds. The van der Waals surface area contributed by atoms with Gasteiger partial charge >= 0.3 is 0 Å². The number of hydrogen-bond donors (Lipinski definition) is 1. The first-order valence-corrected chi connectivity index (χ1v) is 6.29. The lowest BCUT2D eigenvalue weighted by molar-refractivity contribution is 0.625. The number of halogens is 4. The summed E-state index contributed by atoms with van der Waals surface area (Å²) in [7, 11) is 0. The summed E-state index contributed by atoms with van der Waals surface area (Å²) in [4.78, 5) is 0. The Hall–Kier alpha value is -0.800. The lowest BCUT2D eigenvalue weighted by atomic mass is 9.99. The third-order valence-corrected chi connectivity index (χ3v) is 3.38. The monoisotopic (exact) mass is 303 g/mol. The van der Waals surface area contributed by atoms with Crippen LogP contribution in [-0.2, 0) is 6.54 Å². The van der Waals surface area contributed by atoms with Crippen LogP contribution >= 0.6 is 34.8 Å². The first-order valence-electron chi connectivity index (χ1n) is 5.16. The minimum Gasteiger partial charge on any atom is -0.326 e. The van der Waals surface area contributed by atoms with Gasteiger partial charge in [-0.2, -0.15) is 0 Å². The van der Waals surface area contributed by atoms with Crippen LogP contribution in [0, 0.1) is 5.82 Å². The van der Waals surface area contributed by atoms with Gasteiger partial charge in [-0.15, -0.1) is 0 Å². The maximum absolute atomic E-state index is 13.2. The molecule has 5 heteroatoms. The van der Waals surface area contributed by atoms with Crippen LogP contribution < -0.4 is 5.73 Å². The zero-order chi connectivity index (χ0) is 13.3. The lowest BCUT2D eigenvalue weighted by Gasteiger charge is -2.12. The summed E-state index contributed by atoms with van der Waals surface area (Å²) in [6.07, 6.45) is 0. The highest BCUT2D eigenvalue weighted by atomic mass is 35.5. The zero-order valence-electron chi connectivity index (χ0n) is 9.18. The largest absolute Gasteiger partial charge is 0.326 e. The lowest BCUT2D eigenvalue weighted by Crippen LogP contribution is -2.00. The Bertz CT molecular complexity index is 576. The third kappa shape index (κ3) is 2.62. The summed E-state index contributed by atoms with van der Waals surface area (Å²) in [5.74, 6) is -0.347. The van der Waals surface area contributed by atoms with Gasteiger partial charge < -0.3 is 5.73 Å². The normalized spacial score (nSPS) is 10.7. The van der Waals surface area contributed by atoms with E-state index in [1.165, 1.54) is 12.1 Å². The van der Waals surface area contributed by atoms with Crippen LogP contribution in [0.25, 0.3) is 11.1 Å². The van der Waals surface area contributed by atoms with E-state index in [-0.39, 0.29) is 12.4 Å². The molecule has 0 fully saturated rings. The Morgan fingerprint density at radius 1 is 1.00 bits per heavy atom. The van der Waals surface area contributed by atoms with E-state index in [0.717, 1.165) is 0 Å². The fourth-order valence-corrected chi connectivity index (χ4v) is 2.80. The van der Waals surface area contributed by atoms with Crippen molar-refractivity contribution >= 4 is 34.8 Å². The van der Waals surface area contributed by atoms with Crippen LogP contribution in [0.2, 0.25) is 15.1 Å². The molecule has 94 valence electrons. The van der Waals surface area contributed by atoms with Gasteiger partial charge in [0.15, 0.2) is 0 Å². The molecule has 0 aliphatic carbocycles. The van der Waals surface area contributed by atoms with Crippen molar-refractivity contribution in [2.45, 2.75) is 6.54 Å². The standard InChI is InChI=1S/C13H9Cl3FN/c14-8-4-11(15)13(12(16)5-8)10-2-1-9(17)3-7(10)6-18/h1-5H,6,18H2. The van der Waals surface area contributed by atoms with Crippen molar-refractivity contribution in [3.8, 4) is 11.1 Å². The Morgan fingerprint density at radius 2 is 1.61 bits per heavy atom. The van der Waals surface area contributed by atoms with Crippen LogP contribution in [0.15, 0.2) is 30.3 Å². The Balaban J connectivity index is 2.69. The van der Waals surface area contributed by atoms with E-state index in [9.17, 15) is 4.39 Å². The van der Waals surface area contributed by atoms with Crippen molar-refractivity contribution in [2.75, 3.05) is 0 Å². The van der Waals surface area contributed by atoms with Gasteiger partial charge in [0, 0.05) is 17.1 Å². The highest BCUT2D eigenvalue weighted by molar-refractivity contribution is 6.41. The fourth-order valence-electron chi connectivity index (χ4n) is 1.77. The molecular weight excluding hydrogens is 296 g/mol. The van der Waals surface area contributed by atoms with E-state index in [4.69, 9.17) is 40.5 Å². The zero-order valence-corrected chi connectivity index (χ0v) is 11.5. The van der Waals surface area contributed by atoms with E-state index in [0.29, 0.717) is 31.8 Å². The van der Waals surface area contributed by atoms with Crippen molar-refractivity contribution in [3.05, 3.63) is 56.8 Å². The van der Waals surface area contributed by atoms with Crippen molar-refractivity contribution < 1.29 is 4.39 Å². The Kier molecular flexibility index (Phi) is 4.13. The van der Waals surface area contributed by atoms with Gasteiger partial charge in [-0.1, -0.05) is 40.9 Å². The van der Waals surface area contributed by atoms with Crippen LogP contribution in [-0.4, -0.2) is 0 Å². The van der Waals surface area contributed by atoms with Gasteiger partial charge in [-0.3, -0.25) is 0 Å². The quantitative estimate of drug-likeness (QED) is 0.838. The van der Waals surface area contributed by atoms with Crippen molar-refractivity contribution in [2.24, 2.45) is 5.73 Å². The number of nitrogens with two attached hydrogens (primary N) is 1. The Labute approximate surface area is 119 Å². The van der Waals surface area contributed by atoms with E-state index < -0.39 is 0 Å². The molecule has 18 heavy (non-hydrogen) atoms. The number of hydrogen-bond acceptors (Lipinski definition) is 1. The van der Waals surface area contributed by atoms with Crippen molar-refractivity contribution in [1.29, 1.82) is 0 Å². The molecule has 2 N–H and O–H groups in total. The highest BCUT2D eigenvalue weighted by Crippen LogP contribution is 2.38. The predicted octanol–water partition coefficient (Wildman–Crippen LogP) is 4.91. The molecule has 0 aliphatic heterocycles. The SMILES string of the molecule is NCc1cc(F)ccc1-c1c(Cl)cc(Cl)cc1Cl. The smallest absolute Gasteiger partial charge is 0.123 e. The van der Waals surface area contributed by atoms with Crippen molar-refractivity contribution in [1.82, 2.24) is 0 Å². The molecule has 0 aliphatic rings.